The predicted octanol–water partition coefficient (Wildman–Crippen LogP) is -3.91. The number of carboxylic acid groups (broad SMARTS) is 4. The van der Waals surface area contributed by atoms with Crippen molar-refractivity contribution >= 4 is 70.8 Å². The number of carbonyl (C=O) groups is 8. The Labute approximate surface area is 268 Å². The number of nitrogens with one attached hydrogen (secondary N) is 4. The van der Waals surface area contributed by atoms with Crippen LogP contribution >= 0.6 is 0 Å². The van der Waals surface area contributed by atoms with Crippen LogP contribution in [0.2, 0.25) is 0 Å². The van der Waals surface area contributed by atoms with Gasteiger partial charge >= 0.3 is 23.9 Å². The van der Waals surface area contributed by atoms with Crippen molar-refractivity contribution in [2.75, 3.05) is 22.9 Å². The second-order valence-corrected chi connectivity index (χ2v) is 9.52. The Kier molecular flexibility index (Phi) is 13.4. The average Bonchev–Trinajstić information content (AvgIpc) is 2.98. The minimum Gasteiger partial charge on any atom is -0.480 e. The second-order valence-electron chi connectivity index (χ2n) is 9.52. The molecule has 0 aromatic carbocycles. The van der Waals surface area contributed by atoms with Crippen molar-refractivity contribution in [2.45, 2.75) is 51.9 Å². The number of rotatable bonds is 12. The third-order valence-electron chi connectivity index (χ3n) is 5.63. The van der Waals surface area contributed by atoms with Crippen molar-refractivity contribution in [1.82, 2.24) is 41.2 Å². The molecule has 260 valence electrons. The van der Waals surface area contributed by atoms with Gasteiger partial charge in [-0.2, -0.15) is 0 Å². The summed E-state index contributed by atoms with van der Waals surface area (Å²) in [5.41, 5.74) is 20.3. The number of nitrogens with two attached hydrogens (primary N) is 4. The number of aliphatic carboxylic acids is 4. The lowest BCUT2D eigenvalue weighted by atomic mass is 10.2. The van der Waals surface area contributed by atoms with Gasteiger partial charge in [0.2, 0.25) is 0 Å². The number of hydrogen-bond donors (Lipinski definition) is 12. The molecule has 2 aromatic heterocycles. The monoisotopic (exact) mass is 680 g/mol. The SMILES string of the molecule is C[C@@H](NC(=O)c1nc(N)c(C(=O)N[C@H](C)C(=O)O)nc1N)C(=O)O.C[C@@H](NC(=O)c1nc(N)c(C(=O)N[C@H](C)C(=O)O)nc1N)C(=O)O. The molecule has 2 rings (SSSR count). The zero-order valence-electron chi connectivity index (χ0n) is 25.5. The maximum atomic E-state index is 11.9. The number of anilines is 4. The molecule has 48 heavy (non-hydrogen) atoms. The quantitative estimate of drug-likeness (QED) is 0.102. The van der Waals surface area contributed by atoms with E-state index < -0.39 is 118 Å². The molecule has 2 heterocycles. The molecule has 16 N–H and O–H groups in total. The molecule has 2 aromatic rings. The van der Waals surface area contributed by atoms with Gasteiger partial charge in [-0.1, -0.05) is 0 Å². The molecule has 4 atom stereocenters. The zero-order chi connectivity index (χ0) is 37.2. The minimum atomic E-state index is -1.28. The highest BCUT2D eigenvalue weighted by molar-refractivity contribution is 6.03. The molecule has 0 unspecified atom stereocenters. The Morgan fingerprint density at radius 2 is 0.562 bits per heavy atom. The van der Waals surface area contributed by atoms with E-state index in [-0.39, 0.29) is 0 Å². The van der Waals surface area contributed by atoms with Crippen LogP contribution in [-0.2, 0) is 19.2 Å². The first-order valence-corrected chi connectivity index (χ1v) is 13.1. The Bertz CT molecular complexity index is 1410. The Morgan fingerprint density at radius 1 is 0.417 bits per heavy atom. The number of aromatic nitrogens is 4. The topological polar surface area (TPSA) is 421 Å². The van der Waals surface area contributed by atoms with E-state index in [1.165, 1.54) is 27.7 Å². The molecule has 0 bridgehead atoms. The lowest BCUT2D eigenvalue weighted by molar-refractivity contribution is -0.139. The molecule has 4 amide bonds. The van der Waals surface area contributed by atoms with Crippen LogP contribution in [0.4, 0.5) is 23.3 Å². The summed E-state index contributed by atoms with van der Waals surface area (Å²) in [4.78, 5) is 105. The van der Waals surface area contributed by atoms with Crippen LogP contribution in [0.3, 0.4) is 0 Å². The van der Waals surface area contributed by atoms with Gasteiger partial charge in [-0.15, -0.1) is 0 Å². The number of nitrogen functional groups attached to an aromatic ring is 4. The highest BCUT2D eigenvalue weighted by Crippen LogP contribution is 2.15. The molecule has 0 saturated heterocycles. The van der Waals surface area contributed by atoms with E-state index in [9.17, 15) is 38.4 Å². The smallest absolute Gasteiger partial charge is 0.325 e. The lowest BCUT2D eigenvalue weighted by Gasteiger charge is -2.13. The van der Waals surface area contributed by atoms with Crippen LogP contribution in [-0.4, -0.2) is 112 Å². The summed E-state index contributed by atoms with van der Waals surface area (Å²) >= 11 is 0. The largest absolute Gasteiger partial charge is 0.480 e. The highest BCUT2D eigenvalue weighted by atomic mass is 16.4. The van der Waals surface area contributed by atoms with Crippen molar-refractivity contribution in [3.05, 3.63) is 22.8 Å². The van der Waals surface area contributed by atoms with Crippen molar-refractivity contribution in [1.29, 1.82) is 0 Å². The van der Waals surface area contributed by atoms with Crippen LogP contribution in [0.25, 0.3) is 0 Å². The molecule has 0 aliphatic rings. The second kappa shape index (κ2) is 16.4. The zero-order valence-corrected chi connectivity index (χ0v) is 25.5. The molecular formula is C24H32N12O12. The molecule has 0 radical (unpaired) electrons. The number of nitrogens with zero attached hydrogens (tertiary/aromatic N) is 4. The Balaban J connectivity index is 0.000000480. The maximum absolute atomic E-state index is 11.9. The van der Waals surface area contributed by atoms with Crippen LogP contribution in [0, 0.1) is 0 Å². The number of amides is 4. The predicted molar refractivity (Wildman–Crippen MR) is 160 cm³/mol. The first-order chi connectivity index (χ1) is 22.1. The normalized spacial score (nSPS) is 12.8. The minimum absolute atomic E-state index is 0.455. The van der Waals surface area contributed by atoms with Crippen LogP contribution in [0.15, 0.2) is 0 Å². The molecule has 0 saturated carbocycles. The van der Waals surface area contributed by atoms with E-state index in [0.717, 1.165) is 0 Å². The maximum Gasteiger partial charge on any atom is 0.325 e. The van der Waals surface area contributed by atoms with Gasteiger partial charge in [0.25, 0.3) is 23.6 Å². The fourth-order valence-electron chi connectivity index (χ4n) is 2.90. The van der Waals surface area contributed by atoms with E-state index >= 15 is 0 Å². The van der Waals surface area contributed by atoms with E-state index in [1.807, 2.05) is 0 Å². The van der Waals surface area contributed by atoms with Crippen molar-refractivity contribution in [3.63, 3.8) is 0 Å². The van der Waals surface area contributed by atoms with Crippen molar-refractivity contribution < 1.29 is 58.8 Å². The van der Waals surface area contributed by atoms with Gasteiger partial charge in [0.05, 0.1) is 0 Å². The van der Waals surface area contributed by atoms with Crippen molar-refractivity contribution in [3.8, 4) is 0 Å². The summed E-state index contributed by atoms with van der Waals surface area (Å²) in [5, 5.41) is 43.4. The van der Waals surface area contributed by atoms with E-state index in [1.54, 1.807) is 0 Å². The van der Waals surface area contributed by atoms with E-state index in [2.05, 4.69) is 41.2 Å². The van der Waals surface area contributed by atoms with Crippen LogP contribution in [0.1, 0.15) is 69.6 Å². The summed E-state index contributed by atoms with van der Waals surface area (Å²) in [6.07, 6.45) is 0. The lowest BCUT2D eigenvalue weighted by Crippen LogP contribution is -2.40. The third-order valence-corrected chi connectivity index (χ3v) is 5.63. The Hall–Kier alpha value is -6.88. The van der Waals surface area contributed by atoms with Gasteiger partial charge in [0.15, 0.2) is 46.0 Å². The summed E-state index contributed by atoms with van der Waals surface area (Å²) in [5.74, 6) is -10.7. The first-order valence-electron chi connectivity index (χ1n) is 13.1. The highest BCUT2D eigenvalue weighted by Gasteiger charge is 2.26. The molecule has 24 heteroatoms. The molecule has 0 fully saturated rings. The molecule has 24 nitrogen and oxygen atoms in total. The molecular weight excluding hydrogens is 648 g/mol. The summed E-state index contributed by atoms with van der Waals surface area (Å²) in [6.45, 7) is 4.90. The van der Waals surface area contributed by atoms with Gasteiger partial charge in [0.1, 0.15) is 24.2 Å². The van der Waals surface area contributed by atoms with Crippen LogP contribution < -0.4 is 44.2 Å². The Morgan fingerprint density at radius 3 is 0.688 bits per heavy atom. The third kappa shape index (κ3) is 10.6. The van der Waals surface area contributed by atoms with Gasteiger partial charge in [-0.3, -0.25) is 38.4 Å². The fourth-order valence-corrected chi connectivity index (χ4v) is 2.90. The number of carbonyl (C=O) groups excluding carboxylic acids is 4. The molecule has 0 aliphatic heterocycles. The summed E-state index contributed by atoms with van der Waals surface area (Å²) in [7, 11) is 0. The summed E-state index contributed by atoms with van der Waals surface area (Å²) < 4.78 is 0. The van der Waals surface area contributed by atoms with Gasteiger partial charge in [-0.05, 0) is 27.7 Å². The average molecular weight is 681 g/mol. The molecule has 0 spiro atoms. The van der Waals surface area contributed by atoms with Crippen LogP contribution in [0.5, 0.6) is 0 Å². The number of hydrogen-bond acceptors (Lipinski definition) is 16. The van der Waals surface area contributed by atoms with E-state index in [4.69, 9.17) is 43.4 Å². The fraction of sp³-hybridized carbons (Fsp3) is 0.333. The van der Waals surface area contributed by atoms with E-state index in [0.29, 0.717) is 0 Å². The molecule has 0 aliphatic carbocycles. The summed E-state index contributed by atoms with van der Waals surface area (Å²) in [6, 6.07) is -4.84. The van der Waals surface area contributed by atoms with Gasteiger partial charge in [-0.25, -0.2) is 19.9 Å². The van der Waals surface area contributed by atoms with Gasteiger partial charge < -0.3 is 64.6 Å². The van der Waals surface area contributed by atoms with Gasteiger partial charge in [0, 0.05) is 0 Å². The van der Waals surface area contributed by atoms with Crippen molar-refractivity contribution in [2.24, 2.45) is 0 Å². The standard InChI is InChI=1S/2C12H16N6O6/c2*1-3(11(21)22)15-9(19)5-7(13)18-6(8(14)17-5)10(20)16-4(2)12(23)24/h2*3-4H,1-2H3,(H2,14,17)(H2,13,18)(H,15,19)(H,16,20)(H,21,22)(H,23,24)/t2*3-,4-/m11/s1. The number of carboxylic acids is 4. The first kappa shape index (κ1) is 39.1.